The maximum Gasteiger partial charge on any atom is 0.185 e. The first-order valence-corrected chi connectivity index (χ1v) is 7.58. The van der Waals surface area contributed by atoms with Crippen LogP contribution < -0.4 is 5.32 Å². The average Bonchev–Trinajstić information content (AvgIpc) is 2.91. The van der Waals surface area contributed by atoms with Crippen LogP contribution in [0.25, 0.3) is 10.9 Å². The first kappa shape index (κ1) is 13.4. The van der Waals surface area contributed by atoms with Crippen LogP contribution in [-0.2, 0) is 0 Å². The summed E-state index contributed by atoms with van der Waals surface area (Å²) in [7, 11) is 0. The largest absolute Gasteiger partial charge is 0.352 e. The Morgan fingerprint density at radius 3 is 2.70 bits per heavy atom. The molecule has 2 heterocycles. The molecule has 1 aromatic carbocycles. The molecule has 3 nitrogen and oxygen atoms in total. The summed E-state index contributed by atoms with van der Waals surface area (Å²) in [6.45, 7) is 4.07. The van der Waals surface area contributed by atoms with E-state index in [1.165, 1.54) is 0 Å². The number of para-hydroxylation sites is 1. The Hall–Kier alpha value is -1.61. The Morgan fingerprint density at radius 2 is 2.00 bits per heavy atom. The molecule has 3 heteroatoms. The van der Waals surface area contributed by atoms with Crippen LogP contribution in [0.1, 0.15) is 43.1 Å². The van der Waals surface area contributed by atoms with Crippen molar-refractivity contribution in [2.75, 3.05) is 13.1 Å². The van der Waals surface area contributed by atoms with Gasteiger partial charge in [-0.3, -0.25) is 4.79 Å². The average molecular weight is 270 g/mol. The van der Waals surface area contributed by atoms with Crippen molar-refractivity contribution in [1.29, 1.82) is 0 Å². The molecule has 0 aliphatic carbocycles. The van der Waals surface area contributed by atoms with Crippen LogP contribution in [0.3, 0.4) is 0 Å². The second-order valence-corrected chi connectivity index (χ2v) is 5.88. The molecule has 2 N–H and O–H groups in total. The number of carbonyl (C=O) groups is 1. The van der Waals surface area contributed by atoms with Gasteiger partial charge in [-0.25, -0.2) is 0 Å². The van der Waals surface area contributed by atoms with Crippen molar-refractivity contribution in [2.24, 2.45) is 5.41 Å². The highest BCUT2D eigenvalue weighted by Gasteiger charge is 2.39. The molecule has 0 unspecified atom stereocenters. The third kappa shape index (κ3) is 2.27. The van der Waals surface area contributed by atoms with Gasteiger partial charge in [0.1, 0.15) is 0 Å². The van der Waals surface area contributed by atoms with Crippen molar-refractivity contribution in [3.63, 3.8) is 0 Å². The molecule has 3 rings (SSSR count). The van der Waals surface area contributed by atoms with Gasteiger partial charge in [0.15, 0.2) is 5.78 Å². The smallest absolute Gasteiger partial charge is 0.185 e. The van der Waals surface area contributed by atoms with Crippen LogP contribution in [0.4, 0.5) is 0 Å². The number of fused-ring (bicyclic) bond motifs is 1. The van der Waals surface area contributed by atoms with E-state index >= 15 is 0 Å². The van der Waals surface area contributed by atoms with Crippen LogP contribution in [-0.4, -0.2) is 23.9 Å². The molecule has 1 fully saturated rings. The fourth-order valence-corrected chi connectivity index (χ4v) is 3.46. The maximum atomic E-state index is 13.0. The molecule has 0 radical (unpaired) electrons. The summed E-state index contributed by atoms with van der Waals surface area (Å²) in [6, 6.07) is 10.1. The number of nitrogens with one attached hydrogen (secondary N) is 2. The fraction of sp³-hybridized carbons (Fsp3) is 0.471. The van der Waals surface area contributed by atoms with E-state index < -0.39 is 0 Å². The second kappa shape index (κ2) is 5.41. The van der Waals surface area contributed by atoms with Crippen molar-refractivity contribution in [3.8, 4) is 0 Å². The third-order valence-electron chi connectivity index (χ3n) is 4.55. The maximum absolute atomic E-state index is 13.0. The molecule has 1 aliphatic rings. The number of ketones is 1. The van der Waals surface area contributed by atoms with Gasteiger partial charge in [0.05, 0.1) is 5.69 Å². The number of hydrogen-bond donors (Lipinski definition) is 2. The first-order chi connectivity index (χ1) is 9.75. The van der Waals surface area contributed by atoms with Crippen LogP contribution in [0.2, 0.25) is 0 Å². The number of rotatable bonds is 4. The molecule has 0 saturated carbocycles. The van der Waals surface area contributed by atoms with E-state index in [0.29, 0.717) is 5.78 Å². The minimum Gasteiger partial charge on any atom is -0.352 e. The van der Waals surface area contributed by atoms with Gasteiger partial charge in [0.25, 0.3) is 0 Å². The molecule has 2 aromatic rings. The van der Waals surface area contributed by atoms with Gasteiger partial charge in [-0.05, 0) is 44.5 Å². The molecule has 0 bridgehead atoms. The number of benzene rings is 1. The normalized spacial score (nSPS) is 18.2. The van der Waals surface area contributed by atoms with E-state index in [0.717, 1.165) is 55.4 Å². The van der Waals surface area contributed by atoms with Crippen LogP contribution >= 0.6 is 0 Å². The zero-order valence-corrected chi connectivity index (χ0v) is 12.0. The topological polar surface area (TPSA) is 44.9 Å². The number of hydrogen-bond acceptors (Lipinski definition) is 2. The lowest BCUT2D eigenvalue weighted by Crippen LogP contribution is -2.42. The lowest BCUT2D eigenvalue weighted by molar-refractivity contribution is 0.0699. The van der Waals surface area contributed by atoms with E-state index in [1.807, 2.05) is 24.3 Å². The number of piperidine rings is 1. The Balaban J connectivity index is 1.96. The molecular formula is C17H22N2O. The standard InChI is InChI=1S/C17H22N2O/c1-2-7-17(8-10-18-11-9-17)16(20)15-12-13-5-3-4-6-14(13)19-15/h3-6,12,18-19H,2,7-11H2,1H3. The summed E-state index contributed by atoms with van der Waals surface area (Å²) in [5.74, 6) is 0.303. The minimum atomic E-state index is -0.166. The summed E-state index contributed by atoms with van der Waals surface area (Å²) in [4.78, 5) is 16.3. The monoisotopic (exact) mass is 270 g/mol. The van der Waals surface area contributed by atoms with Gasteiger partial charge >= 0.3 is 0 Å². The van der Waals surface area contributed by atoms with Crippen molar-refractivity contribution in [2.45, 2.75) is 32.6 Å². The van der Waals surface area contributed by atoms with Crippen molar-refractivity contribution < 1.29 is 4.79 Å². The van der Waals surface area contributed by atoms with Crippen molar-refractivity contribution in [3.05, 3.63) is 36.0 Å². The highest BCUT2D eigenvalue weighted by molar-refractivity contribution is 6.02. The van der Waals surface area contributed by atoms with E-state index in [4.69, 9.17) is 0 Å². The molecule has 106 valence electrons. The number of aromatic amines is 1. The van der Waals surface area contributed by atoms with Gasteiger partial charge in [0, 0.05) is 16.3 Å². The fourth-order valence-electron chi connectivity index (χ4n) is 3.46. The number of carbonyl (C=O) groups excluding carboxylic acids is 1. The molecule has 0 amide bonds. The summed E-state index contributed by atoms with van der Waals surface area (Å²) in [5, 5.41) is 4.49. The van der Waals surface area contributed by atoms with E-state index in [1.54, 1.807) is 0 Å². The van der Waals surface area contributed by atoms with E-state index in [9.17, 15) is 4.79 Å². The van der Waals surface area contributed by atoms with Gasteiger partial charge in [-0.15, -0.1) is 0 Å². The van der Waals surface area contributed by atoms with E-state index in [2.05, 4.69) is 23.3 Å². The minimum absolute atomic E-state index is 0.166. The predicted molar refractivity (Wildman–Crippen MR) is 82.1 cm³/mol. The quantitative estimate of drug-likeness (QED) is 0.835. The summed E-state index contributed by atoms with van der Waals surface area (Å²) >= 11 is 0. The van der Waals surface area contributed by atoms with Crippen LogP contribution in [0, 0.1) is 5.41 Å². The Morgan fingerprint density at radius 1 is 1.25 bits per heavy atom. The Labute approximate surface area is 119 Å². The zero-order chi connectivity index (χ0) is 14.0. The van der Waals surface area contributed by atoms with Crippen LogP contribution in [0.5, 0.6) is 0 Å². The van der Waals surface area contributed by atoms with Crippen LogP contribution in [0.15, 0.2) is 30.3 Å². The molecule has 20 heavy (non-hydrogen) atoms. The number of H-pyrrole nitrogens is 1. The summed E-state index contributed by atoms with van der Waals surface area (Å²) in [5.41, 5.74) is 1.67. The molecule has 0 atom stereocenters. The Bertz CT molecular complexity index is 570. The van der Waals surface area contributed by atoms with Gasteiger partial charge in [-0.2, -0.15) is 0 Å². The lowest BCUT2D eigenvalue weighted by Gasteiger charge is -2.35. The highest BCUT2D eigenvalue weighted by atomic mass is 16.1. The van der Waals surface area contributed by atoms with Gasteiger partial charge in [-0.1, -0.05) is 31.5 Å². The van der Waals surface area contributed by atoms with Gasteiger partial charge < -0.3 is 10.3 Å². The molecule has 0 spiro atoms. The highest BCUT2D eigenvalue weighted by Crippen LogP contribution is 2.37. The number of Topliss-reactive ketones (excluding diaryl/α,β-unsaturated/α-hetero) is 1. The predicted octanol–water partition coefficient (Wildman–Crippen LogP) is 3.52. The SMILES string of the molecule is CCCC1(C(=O)c2cc3ccccc3[nH]2)CCNCC1. The molecule has 1 saturated heterocycles. The lowest BCUT2D eigenvalue weighted by atomic mass is 9.71. The summed E-state index contributed by atoms with van der Waals surface area (Å²) in [6.07, 6.45) is 3.96. The second-order valence-electron chi connectivity index (χ2n) is 5.88. The molecule has 1 aromatic heterocycles. The summed E-state index contributed by atoms with van der Waals surface area (Å²) < 4.78 is 0. The van der Waals surface area contributed by atoms with E-state index in [-0.39, 0.29) is 5.41 Å². The van der Waals surface area contributed by atoms with Crippen molar-refractivity contribution >= 4 is 16.7 Å². The molecular weight excluding hydrogens is 248 g/mol. The third-order valence-corrected chi connectivity index (χ3v) is 4.55. The number of aromatic nitrogens is 1. The van der Waals surface area contributed by atoms with Gasteiger partial charge in [0.2, 0.25) is 0 Å². The van der Waals surface area contributed by atoms with Crippen molar-refractivity contribution in [1.82, 2.24) is 10.3 Å². The Kier molecular flexibility index (Phi) is 3.62. The molecule has 1 aliphatic heterocycles. The zero-order valence-electron chi connectivity index (χ0n) is 12.0. The first-order valence-electron chi connectivity index (χ1n) is 7.58.